The van der Waals surface area contributed by atoms with Crippen LogP contribution in [0.5, 0.6) is 0 Å². The van der Waals surface area contributed by atoms with E-state index in [1.165, 1.54) is 0 Å². The topological polar surface area (TPSA) is 44.8 Å². The van der Waals surface area contributed by atoms with E-state index >= 15 is 0 Å². The van der Waals surface area contributed by atoms with Crippen LogP contribution in [-0.4, -0.2) is 30.9 Å². The molecule has 6 heteroatoms. The number of carbonyl (C=O) groups excluding carboxylic acids is 1. The van der Waals surface area contributed by atoms with Gasteiger partial charge in [0.1, 0.15) is 5.73 Å². The van der Waals surface area contributed by atoms with Crippen LogP contribution >= 0.6 is 0 Å². The standard InChI is InChI=1S/C16H26BFO4/c1-6-20-14(19)12-9-7-8-11(10-12)13(18)17-21-15(2,3)16(4,5)22-17/h12H,6-10H2,1-5H3. The number of hydrogen-bond acceptors (Lipinski definition) is 4. The van der Waals surface area contributed by atoms with Crippen molar-refractivity contribution in [1.29, 1.82) is 0 Å². The number of carbonyl (C=O) groups is 1. The Kier molecular flexibility index (Phi) is 5.02. The van der Waals surface area contributed by atoms with Crippen LogP contribution in [0.3, 0.4) is 0 Å². The summed E-state index contributed by atoms with van der Waals surface area (Å²) < 4.78 is 31.3. The lowest BCUT2D eigenvalue weighted by Crippen LogP contribution is -2.41. The zero-order valence-electron chi connectivity index (χ0n) is 14.2. The molecule has 0 aromatic carbocycles. The molecule has 2 rings (SSSR count). The first kappa shape index (κ1) is 17.5. The molecule has 1 aliphatic heterocycles. The smallest absolute Gasteiger partial charge is 0.466 e. The Labute approximate surface area is 132 Å². The number of esters is 1. The van der Waals surface area contributed by atoms with E-state index in [0.717, 1.165) is 12.8 Å². The molecule has 1 saturated heterocycles. The number of allylic oxidation sites excluding steroid dienone is 1. The van der Waals surface area contributed by atoms with Crippen molar-refractivity contribution in [3.8, 4) is 0 Å². The maximum atomic E-state index is 14.8. The average Bonchev–Trinajstić information content (AvgIpc) is 2.67. The highest BCUT2D eigenvalue weighted by molar-refractivity contribution is 6.53. The molecule has 1 saturated carbocycles. The Morgan fingerprint density at radius 3 is 2.45 bits per heavy atom. The molecule has 0 aromatic rings. The van der Waals surface area contributed by atoms with Gasteiger partial charge >= 0.3 is 13.1 Å². The van der Waals surface area contributed by atoms with Crippen LogP contribution in [0.1, 0.15) is 60.3 Å². The lowest BCUT2D eigenvalue weighted by molar-refractivity contribution is -0.148. The molecule has 0 bridgehead atoms. The van der Waals surface area contributed by atoms with Gasteiger partial charge in [0.05, 0.1) is 23.7 Å². The number of rotatable bonds is 3. The quantitative estimate of drug-likeness (QED) is 0.590. The second-order valence-corrected chi connectivity index (χ2v) is 7.09. The van der Waals surface area contributed by atoms with E-state index in [-0.39, 0.29) is 17.6 Å². The third-order valence-electron chi connectivity index (χ3n) is 4.94. The van der Waals surface area contributed by atoms with Crippen LogP contribution in [0.15, 0.2) is 11.3 Å². The van der Waals surface area contributed by atoms with E-state index in [1.807, 2.05) is 27.7 Å². The van der Waals surface area contributed by atoms with Gasteiger partial charge in [-0.25, -0.2) is 4.39 Å². The van der Waals surface area contributed by atoms with Crippen LogP contribution in [-0.2, 0) is 18.8 Å². The molecule has 0 aromatic heterocycles. The number of halogens is 1. The molecule has 0 radical (unpaired) electrons. The number of ether oxygens (including phenoxy) is 1. The van der Waals surface area contributed by atoms with Crippen LogP contribution in [0.4, 0.5) is 4.39 Å². The molecule has 4 nitrogen and oxygen atoms in total. The third-order valence-corrected chi connectivity index (χ3v) is 4.94. The molecule has 124 valence electrons. The molecule has 1 unspecified atom stereocenters. The van der Waals surface area contributed by atoms with E-state index < -0.39 is 18.3 Å². The zero-order valence-corrected chi connectivity index (χ0v) is 14.2. The minimum absolute atomic E-state index is 0.235. The molecule has 1 heterocycles. The van der Waals surface area contributed by atoms with Crippen molar-refractivity contribution in [3.05, 3.63) is 11.3 Å². The largest absolute Gasteiger partial charge is 0.525 e. The first-order valence-electron chi connectivity index (χ1n) is 8.07. The van der Waals surface area contributed by atoms with Crippen molar-refractivity contribution in [3.63, 3.8) is 0 Å². The fourth-order valence-corrected chi connectivity index (χ4v) is 2.85. The van der Waals surface area contributed by atoms with Gasteiger partial charge in [-0.1, -0.05) is 0 Å². The van der Waals surface area contributed by atoms with Gasteiger partial charge in [-0.15, -0.1) is 0 Å². The van der Waals surface area contributed by atoms with Gasteiger partial charge in [-0.3, -0.25) is 4.79 Å². The van der Waals surface area contributed by atoms with Gasteiger partial charge < -0.3 is 14.0 Å². The second-order valence-electron chi connectivity index (χ2n) is 7.09. The maximum absolute atomic E-state index is 14.8. The Hall–Kier alpha value is -0.875. The molecule has 1 aliphatic carbocycles. The highest BCUT2D eigenvalue weighted by Crippen LogP contribution is 2.41. The second kappa shape index (κ2) is 6.32. The SMILES string of the molecule is CCOC(=O)C1CCCC(=C(F)B2OC(C)(C)C(C)(C)O2)C1. The van der Waals surface area contributed by atoms with Gasteiger partial charge in [0, 0.05) is 0 Å². The van der Waals surface area contributed by atoms with Crippen molar-refractivity contribution in [2.75, 3.05) is 6.61 Å². The Bertz CT molecular complexity index is 457. The van der Waals surface area contributed by atoms with E-state index in [1.54, 1.807) is 6.92 Å². The lowest BCUT2D eigenvalue weighted by Gasteiger charge is -2.32. The van der Waals surface area contributed by atoms with Gasteiger partial charge in [0.15, 0.2) is 0 Å². The first-order chi connectivity index (χ1) is 10.2. The lowest BCUT2D eigenvalue weighted by atomic mass is 9.77. The van der Waals surface area contributed by atoms with E-state index in [4.69, 9.17) is 14.0 Å². The van der Waals surface area contributed by atoms with Gasteiger partial charge in [-0.05, 0) is 65.9 Å². The molecule has 1 atom stereocenters. The highest BCUT2D eigenvalue weighted by atomic mass is 19.1. The zero-order chi connectivity index (χ0) is 16.5. The summed E-state index contributed by atoms with van der Waals surface area (Å²) in [5.41, 5.74) is -0.870. The van der Waals surface area contributed by atoms with Crippen LogP contribution in [0.25, 0.3) is 0 Å². The van der Waals surface area contributed by atoms with Crippen molar-refractivity contribution in [2.24, 2.45) is 5.92 Å². The van der Waals surface area contributed by atoms with Crippen molar-refractivity contribution >= 4 is 13.1 Å². The molecule has 0 spiro atoms. The van der Waals surface area contributed by atoms with Gasteiger partial charge in [-0.2, -0.15) is 0 Å². The van der Waals surface area contributed by atoms with Crippen LogP contribution in [0.2, 0.25) is 0 Å². The Morgan fingerprint density at radius 2 is 1.91 bits per heavy atom. The fourth-order valence-electron chi connectivity index (χ4n) is 2.85. The normalized spacial score (nSPS) is 29.4. The summed E-state index contributed by atoms with van der Waals surface area (Å²) >= 11 is 0. The van der Waals surface area contributed by atoms with Gasteiger partial charge in [0.2, 0.25) is 0 Å². The predicted octanol–water partition coefficient (Wildman–Crippen LogP) is 3.59. The van der Waals surface area contributed by atoms with E-state index in [0.29, 0.717) is 25.0 Å². The monoisotopic (exact) mass is 312 g/mol. The van der Waals surface area contributed by atoms with Crippen molar-refractivity contribution in [1.82, 2.24) is 0 Å². The molecule has 0 amide bonds. The molecule has 2 aliphatic rings. The third kappa shape index (κ3) is 3.38. The molecule has 2 fully saturated rings. The molecule has 22 heavy (non-hydrogen) atoms. The van der Waals surface area contributed by atoms with Crippen molar-refractivity contribution in [2.45, 2.75) is 71.5 Å². The average molecular weight is 312 g/mol. The first-order valence-corrected chi connectivity index (χ1v) is 8.07. The van der Waals surface area contributed by atoms with Gasteiger partial charge in [0.25, 0.3) is 0 Å². The summed E-state index contributed by atoms with van der Waals surface area (Å²) in [6.45, 7) is 9.72. The Morgan fingerprint density at radius 1 is 1.32 bits per heavy atom. The van der Waals surface area contributed by atoms with Crippen molar-refractivity contribution < 1.29 is 23.2 Å². The highest BCUT2D eigenvalue weighted by Gasteiger charge is 2.53. The summed E-state index contributed by atoms with van der Waals surface area (Å²) in [5.74, 6) is -0.488. The fraction of sp³-hybridized carbons (Fsp3) is 0.812. The number of hydrogen-bond donors (Lipinski definition) is 0. The van der Waals surface area contributed by atoms with E-state index in [9.17, 15) is 9.18 Å². The Balaban J connectivity index is 2.12. The summed E-state index contributed by atoms with van der Waals surface area (Å²) in [6, 6.07) is 0. The summed E-state index contributed by atoms with van der Waals surface area (Å²) in [7, 11) is -0.971. The van der Waals surface area contributed by atoms with E-state index in [2.05, 4.69) is 0 Å². The summed E-state index contributed by atoms with van der Waals surface area (Å²) in [6.07, 6.45) is 2.57. The van der Waals surface area contributed by atoms with Crippen LogP contribution < -0.4 is 0 Å². The molecule has 0 N–H and O–H groups in total. The van der Waals surface area contributed by atoms with Crippen LogP contribution in [0, 0.1) is 5.92 Å². The maximum Gasteiger partial charge on any atom is 0.525 e. The molecular weight excluding hydrogens is 286 g/mol. The summed E-state index contributed by atoms with van der Waals surface area (Å²) in [5, 5.41) is 0. The summed E-state index contributed by atoms with van der Waals surface area (Å²) in [4.78, 5) is 11.9. The minimum atomic E-state index is -0.971. The predicted molar refractivity (Wildman–Crippen MR) is 82.8 cm³/mol. The minimum Gasteiger partial charge on any atom is -0.466 e. The molecular formula is C16H26BFO4.